The van der Waals surface area contributed by atoms with Crippen LogP contribution in [0.1, 0.15) is 5.56 Å². The maximum Gasteiger partial charge on any atom is 0.457 e. The first-order valence-electron chi connectivity index (χ1n) is 4.02. The fraction of sp³-hybridized carbons (Fsp3) is 0.200. The van der Waals surface area contributed by atoms with Crippen LogP contribution in [0.25, 0.3) is 0 Å². The van der Waals surface area contributed by atoms with Gasteiger partial charge in [0.1, 0.15) is 0 Å². The molecule has 0 unspecified atom stereocenters. The lowest BCUT2D eigenvalue weighted by atomic mass is 10.1. The number of benzene rings is 1. The zero-order valence-electron chi connectivity index (χ0n) is 7.72. The van der Waals surface area contributed by atoms with Crippen molar-refractivity contribution in [2.45, 2.75) is 12.0 Å². The van der Waals surface area contributed by atoms with E-state index in [0.717, 1.165) is 5.92 Å². The van der Waals surface area contributed by atoms with Crippen LogP contribution in [0.4, 0.5) is 13.2 Å². The van der Waals surface area contributed by atoms with Crippen molar-refractivity contribution < 1.29 is 23.4 Å². The van der Waals surface area contributed by atoms with Gasteiger partial charge in [0.25, 0.3) is 5.79 Å². The van der Waals surface area contributed by atoms with Gasteiger partial charge >= 0.3 is 6.18 Å². The summed E-state index contributed by atoms with van der Waals surface area (Å²) in [5.74, 6) is -0.727. The van der Waals surface area contributed by atoms with Gasteiger partial charge < -0.3 is 10.2 Å². The third kappa shape index (κ3) is 3.74. The second-order valence-corrected chi connectivity index (χ2v) is 3.36. The number of alkyl halides is 3. The highest BCUT2D eigenvalue weighted by atomic mass is 35.5. The molecule has 0 amide bonds. The molecular formula is C10H6ClF3O2. The molecule has 0 spiro atoms. The summed E-state index contributed by atoms with van der Waals surface area (Å²) in [5.41, 5.74) is -0.186. The van der Waals surface area contributed by atoms with E-state index in [1.165, 1.54) is 30.2 Å². The van der Waals surface area contributed by atoms with Gasteiger partial charge in [-0.2, -0.15) is 13.2 Å². The van der Waals surface area contributed by atoms with E-state index in [1.54, 1.807) is 0 Å². The van der Waals surface area contributed by atoms with Crippen molar-refractivity contribution in [2.24, 2.45) is 0 Å². The van der Waals surface area contributed by atoms with Crippen molar-refractivity contribution in [1.29, 1.82) is 0 Å². The minimum Gasteiger partial charge on any atom is -0.352 e. The largest absolute Gasteiger partial charge is 0.457 e. The summed E-state index contributed by atoms with van der Waals surface area (Å²) >= 11 is 5.53. The number of rotatable bonds is 1. The molecule has 0 fully saturated rings. The minimum absolute atomic E-state index is 0.186. The highest BCUT2D eigenvalue weighted by Gasteiger charge is 2.28. The van der Waals surface area contributed by atoms with Crippen molar-refractivity contribution in [3.05, 3.63) is 34.9 Å². The molecule has 0 radical (unpaired) electrons. The fourth-order valence-corrected chi connectivity index (χ4v) is 1.04. The van der Waals surface area contributed by atoms with E-state index in [4.69, 9.17) is 11.6 Å². The predicted molar refractivity (Wildman–Crippen MR) is 51.4 cm³/mol. The summed E-state index contributed by atoms with van der Waals surface area (Å²) < 4.78 is 35.2. The molecule has 0 atom stereocenters. The van der Waals surface area contributed by atoms with Crippen LogP contribution in [0.3, 0.4) is 0 Å². The van der Waals surface area contributed by atoms with Crippen LogP contribution < -0.4 is 0 Å². The van der Waals surface area contributed by atoms with E-state index in [9.17, 15) is 23.4 Å². The van der Waals surface area contributed by atoms with Gasteiger partial charge in [-0.1, -0.05) is 23.7 Å². The number of halogens is 4. The van der Waals surface area contributed by atoms with E-state index in [0.29, 0.717) is 5.02 Å². The molecule has 0 aliphatic carbocycles. The van der Waals surface area contributed by atoms with Gasteiger partial charge in [0.05, 0.1) is 0 Å². The highest BCUT2D eigenvalue weighted by molar-refractivity contribution is 6.30. The fourth-order valence-electron chi connectivity index (χ4n) is 0.912. The normalized spacial score (nSPS) is 11.9. The SMILES string of the molecule is OC(O)(C#CC(F)(F)F)c1ccc(Cl)cc1. The Labute approximate surface area is 94.3 Å². The van der Waals surface area contributed by atoms with Crippen LogP contribution in [0, 0.1) is 11.8 Å². The first kappa shape index (κ1) is 12.8. The van der Waals surface area contributed by atoms with E-state index >= 15 is 0 Å². The third-order valence-corrected chi connectivity index (χ3v) is 1.88. The van der Waals surface area contributed by atoms with E-state index in [-0.39, 0.29) is 5.56 Å². The summed E-state index contributed by atoms with van der Waals surface area (Å²) in [7, 11) is 0. The second kappa shape index (κ2) is 4.34. The second-order valence-electron chi connectivity index (χ2n) is 2.93. The Hall–Kier alpha value is -1.22. The van der Waals surface area contributed by atoms with Crippen LogP contribution in [-0.4, -0.2) is 16.4 Å². The summed E-state index contributed by atoms with van der Waals surface area (Å²) in [4.78, 5) is 0. The molecule has 0 aromatic heterocycles. The van der Waals surface area contributed by atoms with Crippen LogP contribution in [0.15, 0.2) is 24.3 Å². The number of aliphatic hydroxyl groups is 2. The van der Waals surface area contributed by atoms with E-state index < -0.39 is 12.0 Å². The molecule has 0 saturated heterocycles. The van der Waals surface area contributed by atoms with Crippen LogP contribution in [0.2, 0.25) is 5.02 Å². The summed E-state index contributed by atoms with van der Waals surface area (Å²) in [6, 6.07) is 4.97. The molecule has 86 valence electrons. The van der Waals surface area contributed by atoms with Gasteiger partial charge in [0, 0.05) is 16.5 Å². The Morgan fingerprint density at radius 2 is 1.50 bits per heavy atom. The lowest BCUT2D eigenvalue weighted by Crippen LogP contribution is -2.23. The lowest BCUT2D eigenvalue weighted by Gasteiger charge is -2.15. The van der Waals surface area contributed by atoms with Crippen LogP contribution in [0.5, 0.6) is 0 Å². The van der Waals surface area contributed by atoms with Gasteiger partial charge in [-0.3, -0.25) is 0 Å². The summed E-state index contributed by atoms with van der Waals surface area (Å²) in [6.45, 7) is 0. The Morgan fingerprint density at radius 1 is 1.00 bits per heavy atom. The van der Waals surface area contributed by atoms with Gasteiger partial charge in [-0.25, -0.2) is 0 Å². The Kier molecular flexibility index (Phi) is 3.48. The van der Waals surface area contributed by atoms with Crippen LogP contribution in [-0.2, 0) is 5.79 Å². The molecule has 0 saturated carbocycles. The monoisotopic (exact) mass is 250 g/mol. The minimum atomic E-state index is -4.77. The van der Waals surface area contributed by atoms with Gasteiger partial charge in [-0.05, 0) is 18.1 Å². The molecular weight excluding hydrogens is 245 g/mol. The van der Waals surface area contributed by atoms with Crippen LogP contribution >= 0.6 is 11.6 Å². The summed E-state index contributed by atoms with van der Waals surface area (Å²) in [6.07, 6.45) is -4.77. The van der Waals surface area contributed by atoms with Crippen molar-refractivity contribution in [3.8, 4) is 11.8 Å². The molecule has 6 heteroatoms. The molecule has 2 N–H and O–H groups in total. The quantitative estimate of drug-likeness (QED) is 0.592. The molecule has 0 heterocycles. The first-order chi connectivity index (χ1) is 7.21. The third-order valence-electron chi connectivity index (χ3n) is 1.63. The van der Waals surface area contributed by atoms with Gasteiger partial charge in [0.2, 0.25) is 0 Å². The average molecular weight is 251 g/mol. The molecule has 1 aromatic carbocycles. The maximum absolute atomic E-state index is 11.7. The maximum atomic E-state index is 11.7. The van der Waals surface area contributed by atoms with E-state index in [2.05, 4.69) is 0 Å². The van der Waals surface area contributed by atoms with Gasteiger partial charge in [-0.15, -0.1) is 0 Å². The molecule has 0 aliphatic rings. The van der Waals surface area contributed by atoms with Crippen molar-refractivity contribution in [3.63, 3.8) is 0 Å². The Bertz CT molecular complexity index is 426. The lowest BCUT2D eigenvalue weighted by molar-refractivity contribution is -0.118. The zero-order valence-corrected chi connectivity index (χ0v) is 8.47. The molecule has 2 nitrogen and oxygen atoms in total. The molecule has 1 aromatic rings. The first-order valence-corrected chi connectivity index (χ1v) is 4.40. The highest BCUT2D eigenvalue weighted by Crippen LogP contribution is 2.21. The molecule has 0 bridgehead atoms. The standard InChI is InChI=1S/C10H6ClF3O2/c11-8-3-1-7(2-4-8)9(15,16)5-6-10(12,13)14/h1-4,15-16H. The predicted octanol–water partition coefficient (Wildman–Crippen LogP) is 2.04. The smallest absolute Gasteiger partial charge is 0.352 e. The number of hydrogen-bond acceptors (Lipinski definition) is 2. The summed E-state index contributed by atoms with van der Waals surface area (Å²) in [5, 5.41) is 18.9. The molecule has 1 rings (SSSR count). The zero-order chi connectivity index (χ0) is 12.4. The topological polar surface area (TPSA) is 40.5 Å². The van der Waals surface area contributed by atoms with Crippen molar-refractivity contribution in [2.75, 3.05) is 0 Å². The molecule has 0 aliphatic heterocycles. The average Bonchev–Trinajstić information content (AvgIpc) is 2.15. The van der Waals surface area contributed by atoms with E-state index in [1.807, 2.05) is 0 Å². The molecule has 16 heavy (non-hydrogen) atoms. The Morgan fingerprint density at radius 3 is 1.94 bits per heavy atom. The number of hydrogen-bond donors (Lipinski definition) is 2. The van der Waals surface area contributed by atoms with Crippen molar-refractivity contribution in [1.82, 2.24) is 0 Å². The van der Waals surface area contributed by atoms with Gasteiger partial charge in [0.15, 0.2) is 0 Å². The van der Waals surface area contributed by atoms with Crippen molar-refractivity contribution >= 4 is 11.6 Å². The Balaban J connectivity index is 3.01.